The van der Waals surface area contributed by atoms with E-state index in [-0.39, 0.29) is 23.8 Å². The van der Waals surface area contributed by atoms with E-state index in [1.165, 1.54) is 5.56 Å². The van der Waals surface area contributed by atoms with Crippen molar-refractivity contribution in [1.29, 1.82) is 0 Å². The summed E-state index contributed by atoms with van der Waals surface area (Å²) >= 11 is 6.60. The number of ether oxygens (including phenoxy) is 1. The number of aromatic amines is 1. The van der Waals surface area contributed by atoms with Crippen molar-refractivity contribution < 1.29 is 19.4 Å². The molecule has 0 atom stereocenters. The van der Waals surface area contributed by atoms with Crippen LogP contribution in [0, 0.1) is 11.8 Å². The summed E-state index contributed by atoms with van der Waals surface area (Å²) in [6.45, 7) is 0. The number of imidazole rings is 1. The molecule has 2 aliphatic carbocycles. The van der Waals surface area contributed by atoms with Crippen LogP contribution in [0.15, 0.2) is 30.3 Å². The molecule has 0 aliphatic heterocycles. The third kappa shape index (κ3) is 5.59. The van der Waals surface area contributed by atoms with E-state index in [2.05, 4.69) is 22.1 Å². The molecule has 2 aromatic heterocycles. The van der Waals surface area contributed by atoms with Crippen LogP contribution in [0.4, 0.5) is 0 Å². The highest BCUT2D eigenvalue weighted by molar-refractivity contribution is 6.33. The molecular weight excluding hydrogens is 492 g/mol. The second-order valence-corrected chi connectivity index (χ2v) is 11.0. The number of H-pyrrole nitrogens is 1. The van der Waals surface area contributed by atoms with Gasteiger partial charge in [-0.2, -0.15) is 4.98 Å². The fourth-order valence-corrected chi connectivity index (χ4v) is 5.95. The molecular formula is C28H33ClN4O4. The number of carboxylic acid groups (broad SMARTS) is 1. The lowest BCUT2D eigenvalue weighted by Gasteiger charge is -2.28. The third-order valence-electron chi connectivity index (χ3n) is 7.88. The minimum absolute atomic E-state index is 0.0137. The first-order chi connectivity index (χ1) is 17.8. The topological polar surface area (TPSA) is 108 Å². The Balaban J connectivity index is 1.25. The number of pyridine rings is 1. The number of hydrogen-bond donors (Lipinski definition) is 2. The number of aromatic nitrogens is 3. The predicted molar refractivity (Wildman–Crippen MR) is 142 cm³/mol. The summed E-state index contributed by atoms with van der Waals surface area (Å²) in [6.07, 6.45) is 6.50. The van der Waals surface area contributed by atoms with E-state index in [9.17, 15) is 14.7 Å². The zero-order valence-corrected chi connectivity index (χ0v) is 22.0. The van der Waals surface area contributed by atoms with Gasteiger partial charge in [-0.15, -0.1) is 0 Å². The van der Waals surface area contributed by atoms with Crippen molar-refractivity contribution >= 4 is 34.6 Å². The van der Waals surface area contributed by atoms with Gasteiger partial charge in [-0.1, -0.05) is 35.9 Å². The van der Waals surface area contributed by atoms with Gasteiger partial charge in [0.25, 0.3) is 6.01 Å². The first-order valence-electron chi connectivity index (χ1n) is 13.1. The van der Waals surface area contributed by atoms with Gasteiger partial charge in [0.2, 0.25) is 5.91 Å². The molecule has 0 radical (unpaired) electrons. The summed E-state index contributed by atoms with van der Waals surface area (Å²) < 4.78 is 6.11. The van der Waals surface area contributed by atoms with Gasteiger partial charge < -0.3 is 19.7 Å². The predicted octanol–water partition coefficient (Wildman–Crippen LogP) is 5.66. The van der Waals surface area contributed by atoms with Crippen molar-refractivity contribution in [2.24, 2.45) is 11.8 Å². The Kier molecular flexibility index (Phi) is 7.38. The van der Waals surface area contributed by atoms with E-state index in [0.29, 0.717) is 33.8 Å². The van der Waals surface area contributed by atoms with Crippen LogP contribution in [0.25, 0.3) is 22.4 Å². The smallest absolute Gasteiger partial charge is 0.306 e. The number of fused-ring (bicyclic) bond motifs is 1. The third-order valence-corrected chi connectivity index (χ3v) is 8.17. The summed E-state index contributed by atoms with van der Waals surface area (Å²) in [4.78, 5) is 37.6. The summed E-state index contributed by atoms with van der Waals surface area (Å²) in [6, 6.07) is 10.5. The van der Waals surface area contributed by atoms with Crippen LogP contribution in [0.2, 0.25) is 5.02 Å². The van der Waals surface area contributed by atoms with Crippen LogP contribution in [0.3, 0.4) is 0 Å². The van der Waals surface area contributed by atoms with Crippen molar-refractivity contribution in [2.75, 3.05) is 14.1 Å². The number of benzene rings is 1. The molecule has 1 amide bonds. The molecule has 196 valence electrons. The second-order valence-electron chi connectivity index (χ2n) is 10.6. The lowest BCUT2D eigenvalue weighted by Crippen LogP contribution is -2.34. The minimum atomic E-state index is -0.680. The van der Waals surface area contributed by atoms with Gasteiger partial charge in [0.05, 0.1) is 22.2 Å². The molecule has 2 heterocycles. The molecule has 2 saturated carbocycles. The highest BCUT2D eigenvalue weighted by Gasteiger charge is 2.29. The summed E-state index contributed by atoms with van der Waals surface area (Å²) in [5.41, 5.74) is 4.05. The number of hydrogen-bond acceptors (Lipinski definition) is 5. The highest BCUT2D eigenvalue weighted by atomic mass is 35.5. The van der Waals surface area contributed by atoms with Crippen molar-refractivity contribution in [3.05, 3.63) is 40.9 Å². The number of amides is 1. The first-order valence-corrected chi connectivity index (χ1v) is 13.4. The maximum absolute atomic E-state index is 12.2. The quantitative estimate of drug-likeness (QED) is 0.430. The zero-order chi connectivity index (χ0) is 26.1. The molecule has 9 heteroatoms. The monoisotopic (exact) mass is 524 g/mol. The van der Waals surface area contributed by atoms with E-state index in [1.54, 1.807) is 19.0 Å². The van der Waals surface area contributed by atoms with Gasteiger partial charge in [-0.05, 0) is 68.9 Å². The van der Waals surface area contributed by atoms with E-state index in [0.717, 1.165) is 56.9 Å². The summed E-state index contributed by atoms with van der Waals surface area (Å²) in [7, 11) is 3.60. The molecule has 37 heavy (non-hydrogen) atoms. The Labute approximate surface area is 221 Å². The number of nitrogens with one attached hydrogen (secondary N) is 1. The Morgan fingerprint density at radius 3 is 2.24 bits per heavy atom. The van der Waals surface area contributed by atoms with Crippen LogP contribution in [-0.2, 0) is 9.59 Å². The second kappa shape index (κ2) is 10.7. The van der Waals surface area contributed by atoms with Gasteiger partial charge in [0, 0.05) is 25.6 Å². The van der Waals surface area contributed by atoms with Crippen molar-refractivity contribution in [3.8, 4) is 17.3 Å². The SMILES string of the molecule is CN(C)C(=O)[C@H]1CC[C@H](Oc2nc3nc(-c4ccc([C@H]5CC[C@H](C(=O)O)CC5)cc4)c(Cl)cc3[nH]2)CC1. The van der Waals surface area contributed by atoms with E-state index in [1.807, 2.05) is 18.2 Å². The zero-order valence-electron chi connectivity index (χ0n) is 21.2. The number of aliphatic carboxylic acids is 1. The maximum atomic E-state index is 12.2. The summed E-state index contributed by atoms with van der Waals surface area (Å²) in [5.74, 6) is -0.250. The van der Waals surface area contributed by atoms with Crippen LogP contribution >= 0.6 is 11.6 Å². The Hall–Kier alpha value is -3.13. The van der Waals surface area contributed by atoms with Crippen molar-refractivity contribution in [2.45, 2.75) is 63.4 Å². The van der Waals surface area contributed by atoms with Crippen molar-refractivity contribution in [1.82, 2.24) is 19.9 Å². The van der Waals surface area contributed by atoms with Gasteiger partial charge in [-0.25, -0.2) is 4.98 Å². The Bertz CT molecular complexity index is 1270. The lowest BCUT2D eigenvalue weighted by atomic mass is 9.78. The molecule has 2 N–H and O–H groups in total. The molecule has 0 spiro atoms. The van der Waals surface area contributed by atoms with Gasteiger partial charge in [0.15, 0.2) is 5.65 Å². The van der Waals surface area contributed by atoms with E-state index in [4.69, 9.17) is 21.3 Å². The van der Waals surface area contributed by atoms with Crippen LogP contribution in [0.1, 0.15) is 62.8 Å². The number of carbonyl (C=O) groups excluding carboxylic acids is 1. The molecule has 8 nitrogen and oxygen atoms in total. The number of nitrogens with zero attached hydrogens (tertiary/aromatic N) is 3. The fraction of sp³-hybridized carbons (Fsp3) is 0.500. The average Bonchev–Trinajstić information content (AvgIpc) is 3.29. The minimum Gasteiger partial charge on any atom is -0.481 e. The molecule has 2 fully saturated rings. The molecule has 0 bridgehead atoms. The van der Waals surface area contributed by atoms with Crippen molar-refractivity contribution in [3.63, 3.8) is 0 Å². The largest absolute Gasteiger partial charge is 0.481 e. The standard InChI is InChI=1S/C28H33ClN4O4/c1-33(2)26(34)19-11-13-21(14-12-19)37-28-30-23-15-22(29)24(31-25(23)32-28)18-7-3-16(4-8-18)17-5-9-20(10-6-17)27(35)36/h3-4,7-8,15,17,19-21H,5-6,9-14H2,1-2H3,(H,35,36)(H,30,31,32)/t17-,19-,20-,21-. The molecule has 2 aliphatic rings. The number of halogens is 1. The van der Waals surface area contributed by atoms with Crippen LogP contribution in [0.5, 0.6) is 6.01 Å². The number of carbonyl (C=O) groups is 2. The first kappa shape index (κ1) is 25.5. The normalized spacial score (nSPS) is 24.1. The number of rotatable bonds is 6. The Morgan fingerprint density at radius 1 is 0.973 bits per heavy atom. The molecule has 5 rings (SSSR count). The van der Waals surface area contributed by atoms with E-state index >= 15 is 0 Å². The molecule has 3 aromatic rings. The van der Waals surface area contributed by atoms with Gasteiger partial charge in [-0.3, -0.25) is 9.59 Å². The van der Waals surface area contributed by atoms with Crippen LogP contribution in [-0.4, -0.2) is 57.0 Å². The van der Waals surface area contributed by atoms with Gasteiger partial charge in [0.1, 0.15) is 6.10 Å². The average molecular weight is 525 g/mol. The van der Waals surface area contributed by atoms with Crippen LogP contribution < -0.4 is 4.74 Å². The van der Waals surface area contributed by atoms with E-state index < -0.39 is 5.97 Å². The number of carboxylic acids is 1. The fourth-order valence-electron chi connectivity index (χ4n) is 5.69. The molecule has 0 unspecified atom stereocenters. The molecule has 0 saturated heterocycles. The molecule has 1 aromatic carbocycles. The maximum Gasteiger partial charge on any atom is 0.306 e. The van der Waals surface area contributed by atoms with Gasteiger partial charge >= 0.3 is 5.97 Å². The summed E-state index contributed by atoms with van der Waals surface area (Å²) in [5, 5.41) is 9.77. The highest BCUT2D eigenvalue weighted by Crippen LogP contribution is 2.37. The Morgan fingerprint density at radius 2 is 1.62 bits per heavy atom. The lowest BCUT2D eigenvalue weighted by molar-refractivity contribution is -0.142.